The van der Waals surface area contributed by atoms with Crippen LogP contribution >= 0.6 is 10.8 Å². The molecule has 3 aromatic rings. The van der Waals surface area contributed by atoms with E-state index in [0.717, 1.165) is 35.2 Å². The molecule has 200 valence electrons. The maximum atomic E-state index is 12.5. The molecule has 4 rings (SSSR count). The summed E-state index contributed by atoms with van der Waals surface area (Å²) in [5.74, 6) is 0.199. The SMILES string of the molecule is CCOC(=O)CC(CCc1cnnn1C)c1ccc(C)c(CN2CC(C)Oc3ccccc3S2(O)O)c1. The molecule has 1 aliphatic heterocycles. The molecule has 0 saturated heterocycles. The van der Waals surface area contributed by atoms with E-state index in [0.29, 0.717) is 30.3 Å². The van der Waals surface area contributed by atoms with E-state index in [-0.39, 0.29) is 24.4 Å². The van der Waals surface area contributed by atoms with Gasteiger partial charge in [0.15, 0.2) is 0 Å². The lowest BCUT2D eigenvalue weighted by Crippen LogP contribution is -2.33. The molecule has 0 fully saturated rings. The van der Waals surface area contributed by atoms with Crippen LogP contribution in [-0.2, 0) is 29.5 Å². The maximum Gasteiger partial charge on any atom is 0.306 e. The number of benzene rings is 2. The number of ether oxygens (including phenoxy) is 2. The van der Waals surface area contributed by atoms with Gasteiger partial charge in [-0.05, 0) is 68.4 Å². The molecule has 9 nitrogen and oxygen atoms in total. The molecular formula is C27H36N4O5S. The van der Waals surface area contributed by atoms with Crippen molar-refractivity contribution in [2.24, 2.45) is 7.05 Å². The number of fused-ring (bicyclic) bond motifs is 1. The molecule has 2 aromatic carbocycles. The summed E-state index contributed by atoms with van der Waals surface area (Å²) in [5, 5.41) is 7.96. The van der Waals surface area contributed by atoms with E-state index in [4.69, 9.17) is 9.47 Å². The van der Waals surface area contributed by atoms with Crippen LogP contribution in [0, 0.1) is 6.92 Å². The number of nitrogens with zero attached hydrogens (tertiary/aromatic N) is 4. The Bertz CT molecular complexity index is 1230. The maximum absolute atomic E-state index is 12.5. The summed E-state index contributed by atoms with van der Waals surface area (Å²) in [4.78, 5) is 12.9. The van der Waals surface area contributed by atoms with Crippen LogP contribution in [0.1, 0.15) is 55.0 Å². The highest BCUT2D eigenvalue weighted by Crippen LogP contribution is 2.57. The number of esters is 1. The van der Waals surface area contributed by atoms with Crippen LogP contribution in [0.15, 0.2) is 53.6 Å². The summed E-state index contributed by atoms with van der Waals surface area (Å²) in [6.45, 7) is 6.78. The number of aryl methyl sites for hydroxylation is 3. The molecule has 0 amide bonds. The number of carbonyl (C=O) groups is 1. The van der Waals surface area contributed by atoms with Crippen LogP contribution in [0.4, 0.5) is 0 Å². The second-order valence-corrected chi connectivity index (χ2v) is 11.5. The second-order valence-electron chi connectivity index (χ2n) is 9.50. The first-order valence-corrected chi connectivity index (χ1v) is 14.1. The van der Waals surface area contributed by atoms with Gasteiger partial charge in [-0.2, -0.15) is 4.31 Å². The van der Waals surface area contributed by atoms with Crippen molar-refractivity contribution in [2.45, 2.75) is 63.5 Å². The second kappa shape index (κ2) is 11.6. The van der Waals surface area contributed by atoms with Crippen LogP contribution in [0.25, 0.3) is 0 Å². The zero-order valence-corrected chi connectivity index (χ0v) is 22.6. The lowest BCUT2D eigenvalue weighted by atomic mass is 9.88. The minimum atomic E-state index is -3.25. The molecule has 1 aliphatic rings. The summed E-state index contributed by atoms with van der Waals surface area (Å²) in [5.41, 5.74) is 4.02. The minimum absolute atomic E-state index is 0.0687. The first-order valence-electron chi connectivity index (χ1n) is 12.6. The van der Waals surface area contributed by atoms with Gasteiger partial charge in [0.05, 0.1) is 31.5 Å². The molecule has 2 heterocycles. The van der Waals surface area contributed by atoms with Crippen molar-refractivity contribution in [3.8, 4) is 5.75 Å². The Balaban J connectivity index is 1.61. The smallest absolute Gasteiger partial charge is 0.306 e. The first kappa shape index (κ1) is 27.1. The predicted molar refractivity (Wildman–Crippen MR) is 143 cm³/mol. The molecule has 1 aromatic heterocycles. The fourth-order valence-corrected chi connectivity index (χ4v) is 6.35. The molecule has 2 atom stereocenters. The highest BCUT2D eigenvalue weighted by molar-refractivity contribution is 8.22. The van der Waals surface area contributed by atoms with Crippen molar-refractivity contribution < 1.29 is 23.4 Å². The summed E-state index contributed by atoms with van der Waals surface area (Å²) in [6, 6.07) is 13.3. The highest BCUT2D eigenvalue weighted by atomic mass is 32.3. The molecule has 2 N–H and O–H groups in total. The average Bonchev–Trinajstić information content (AvgIpc) is 3.23. The molecule has 0 bridgehead atoms. The zero-order valence-electron chi connectivity index (χ0n) is 21.8. The topological polar surface area (TPSA) is 110 Å². The summed E-state index contributed by atoms with van der Waals surface area (Å²) >= 11 is 0. The van der Waals surface area contributed by atoms with E-state index in [1.165, 1.54) is 0 Å². The third-order valence-corrected chi connectivity index (χ3v) is 8.69. The zero-order chi connectivity index (χ0) is 26.6. The molecule has 0 spiro atoms. The van der Waals surface area contributed by atoms with Gasteiger partial charge in [0.2, 0.25) is 0 Å². The third-order valence-electron chi connectivity index (χ3n) is 6.76. The molecule has 0 aliphatic carbocycles. The first-order chi connectivity index (χ1) is 17.7. The number of aromatic nitrogens is 3. The van der Waals surface area contributed by atoms with Crippen molar-refractivity contribution in [1.29, 1.82) is 0 Å². The fourth-order valence-electron chi connectivity index (χ4n) is 4.68. The van der Waals surface area contributed by atoms with Gasteiger partial charge in [0.1, 0.15) is 16.7 Å². The molecule has 37 heavy (non-hydrogen) atoms. The van der Waals surface area contributed by atoms with Crippen LogP contribution in [-0.4, -0.2) is 53.6 Å². The lowest BCUT2D eigenvalue weighted by molar-refractivity contribution is -0.143. The number of para-hydroxylation sites is 1. The van der Waals surface area contributed by atoms with Gasteiger partial charge in [0.25, 0.3) is 0 Å². The summed E-state index contributed by atoms with van der Waals surface area (Å²) < 4.78 is 37.3. The van der Waals surface area contributed by atoms with E-state index in [1.807, 2.05) is 39.1 Å². The van der Waals surface area contributed by atoms with Crippen LogP contribution in [0.2, 0.25) is 0 Å². The third kappa shape index (κ3) is 6.32. The van der Waals surface area contributed by atoms with Crippen molar-refractivity contribution in [3.63, 3.8) is 0 Å². The minimum Gasteiger partial charge on any atom is -0.487 e. The lowest BCUT2D eigenvalue weighted by Gasteiger charge is -2.42. The van der Waals surface area contributed by atoms with E-state index >= 15 is 0 Å². The molecule has 0 radical (unpaired) electrons. The Hall–Kier alpha value is -2.92. The van der Waals surface area contributed by atoms with Gasteiger partial charge in [-0.1, -0.05) is 35.5 Å². The van der Waals surface area contributed by atoms with E-state index in [1.54, 1.807) is 40.3 Å². The van der Waals surface area contributed by atoms with Crippen molar-refractivity contribution in [2.75, 3.05) is 13.2 Å². The van der Waals surface area contributed by atoms with E-state index in [2.05, 4.69) is 16.4 Å². The summed E-state index contributed by atoms with van der Waals surface area (Å²) in [6.07, 6.45) is 3.23. The van der Waals surface area contributed by atoms with Crippen molar-refractivity contribution >= 4 is 16.7 Å². The Morgan fingerprint density at radius 2 is 2.05 bits per heavy atom. The van der Waals surface area contributed by atoms with Gasteiger partial charge in [-0.3, -0.25) is 18.6 Å². The van der Waals surface area contributed by atoms with Gasteiger partial charge in [0, 0.05) is 13.6 Å². The van der Waals surface area contributed by atoms with Gasteiger partial charge in [-0.15, -0.1) is 15.9 Å². The van der Waals surface area contributed by atoms with Gasteiger partial charge < -0.3 is 9.47 Å². The Morgan fingerprint density at radius 3 is 2.78 bits per heavy atom. The van der Waals surface area contributed by atoms with Crippen molar-refractivity contribution in [3.05, 3.63) is 71.0 Å². The number of carbonyl (C=O) groups excluding carboxylic acids is 1. The summed E-state index contributed by atoms with van der Waals surface area (Å²) in [7, 11) is -1.40. The van der Waals surface area contributed by atoms with E-state index < -0.39 is 10.8 Å². The normalized spacial score (nSPS) is 18.8. The van der Waals surface area contributed by atoms with E-state index in [9.17, 15) is 13.9 Å². The Morgan fingerprint density at radius 1 is 1.27 bits per heavy atom. The number of rotatable bonds is 9. The van der Waals surface area contributed by atoms with Gasteiger partial charge in [-0.25, -0.2) is 0 Å². The number of hydrogen-bond acceptors (Lipinski definition) is 8. The van der Waals surface area contributed by atoms with Crippen LogP contribution < -0.4 is 4.74 Å². The molecule has 2 unspecified atom stereocenters. The molecular weight excluding hydrogens is 492 g/mol. The largest absolute Gasteiger partial charge is 0.487 e. The predicted octanol–water partition coefficient (Wildman–Crippen LogP) is 5.10. The average molecular weight is 529 g/mol. The Kier molecular flexibility index (Phi) is 8.53. The van der Waals surface area contributed by atoms with Gasteiger partial charge >= 0.3 is 5.97 Å². The fraction of sp³-hybridized carbons (Fsp3) is 0.444. The highest BCUT2D eigenvalue weighted by Gasteiger charge is 2.34. The standard InChI is InChI=1S/C27H36N4O5S/c1-5-35-27(32)15-22(12-13-24-16-28-29-30(24)4)21-11-10-19(2)23(14-21)18-31-17-20(3)36-25-8-6-7-9-26(25)37(31,33)34/h6-11,14,16,20,22,33-34H,5,12-13,15,17-18H2,1-4H3. The molecule has 10 heteroatoms. The number of hydrogen-bond donors (Lipinski definition) is 2. The quantitative estimate of drug-likeness (QED) is 0.369. The van der Waals surface area contributed by atoms with Crippen LogP contribution in [0.5, 0.6) is 5.75 Å². The van der Waals surface area contributed by atoms with Crippen LogP contribution in [0.3, 0.4) is 0 Å². The van der Waals surface area contributed by atoms with Crippen molar-refractivity contribution in [1.82, 2.24) is 19.3 Å². The molecule has 0 saturated carbocycles. The monoisotopic (exact) mass is 528 g/mol. The Labute approximate surface area is 219 Å².